The van der Waals surface area contributed by atoms with Gasteiger partial charge in [0.05, 0.1) is 12.2 Å². The van der Waals surface area contributed by atoms with E-state index in [4.69, 9.17) is 5.84 Å². The van der Waals surface area contributed by atoms with Crippen LogP contribution in [0.15, 0.2) is 12.4 Å². The van der Waals surface area contributed by atoms with Crippen LogP contribution in [-0.2, 0) is 7.05 Å². The molecule has 1 atom stereocenters. The van der Waals surface area contributed by atoms with Crippen molar-refractivity contribution in [3.63, 3.8) is 0 Å². The number of nitrogens with zero attached hydrogens (tertiary/aromatic N) is 2. The van der Waals surface area contributed by atoms with Crippen LogP contribution in [0.5, 0.6) is 0 Å². The number of rotatable bonds is 5. The fourth-order valence-corrected chi connectivity index (χ4v) is 3.57. The molecule has 1 aliphatic rings. The van der Waals surface area contributed by atoms with Crippen LogP contribution in [0.1, 0.15) is 37.3 Å². The molecule has 16 heavy (non-hydrogen) atoms. The van der Waals surface area contributed by atoms with Gasteiger partial charge in [-0.15, -0.1) is 0 Å². The molecule has 90 valence electrons. The van der Waals surface area contributed by atoms with Gasteiger partial charge in [-0.1, -0.05) is 12.8 Å². The molecule has 1 aliphatic carbocycles. The van der Waals surface area contributed by atoms with Gasteiger partial charge in [0.1, 0.15) is 0 Å². The minimum Gasteiger partial charge on any atom is -0.275 e. The lowest BCUT2D eigenvalue weighted by molar-refractivity contribution is 0.608. The third-order valence-electron chi connectivity index (χ3n) is 3.13. The summed E-state index contributed by atoms with van der Waals surface area (Å²) in [6.07, 6.45) is 9.44. The number of nitrogens with two attached hydrogens (primary N) is 1. The first-order valence-electron chi connectivity index (χ1n) is 5.86. The van der Waals surface area contributed by atoms with Crippen LogP contribution >= 0.6 is 11.8 Å². The van der Waals surface area contributed by atoms with Gasteiger partial charge in [-0.05, 0) is 12.8 Å². The summed E-state index contributed by atoms with van der Waals surface area (Å²) in [7, 11) is 1.93. The first kappa shape index (κ1) is 12.0. The normalized spacial score (nSPS) is 19.1. The molecule has 0 saturated heterocycles. The highest BCUT2D eigenvalue weighted by Gasteiger charge is 2.18. The van der Waals surface area contributed by atoms with E-state index in [1.54, 1.807) is 0 Å². The van der Waals surface area contributed by atoms with E-state index in [1.807, 2.05) is 35.9 Å². The topological polar surface area (TPSA) is 55.9 Å². The van der Waals surface area contributed by atoms with Gasteiger partial charge in [-0.3, -0.25) is 16.0 Å². The number of aryl methyl sites for hydroxylation is 1. The van der Waals surface area contributed by atoms with Gasteiger partial charge in [-0.25, -0.2) is 0 Å². The summed E-state index contributed by atoms with van der Waals surface area (Å²) >= 11 is 2.04. The SMILES string of the molecule is Cn1cc(C(CSC2CCCC2)NN)cn1. The maximum atomic E-state index is 5.60. The monoisotopic (exact) mass is 240 g/mol. The van der Waals surface area contributed by atoms with Crippen molar-refractivity contribution in [2.75, 3.05) is 5.75 Å². The predicted octanol–water partition coefficient (Wildman–Crippen LogP) is 1.60. The summed E-state index contributed by atoms with van der Waals surface area (Å²) < 4.78 is 1.82. The molecule has 1 aromatic heterocycles. The minimum atomic E-state index is 0.222. The van der Waals surface area contributed by atoms with Gasteiger partial charge in [0.25, 0.3) is 0 Å². The first-order valence-corrected chi connectivity index (χ1v) is 6.90. The second kappa shape index (κ2) is 5.70. The summed E-state index contributed by atoms with van der Waals surface area (Å²) in [6, 6.07) is 0.222. The largest absolute Gasteiger partial charge is 0.275 e. The lowest BCUT2D eigenvalue weighted by Gasteiger charge is -2.16. The second-order valence-electron chi connectivity index (χ2n) is 4.41. The van der Waals surface area contributed by atoms with Crippen LogP contribution in [0.4, 0.5) is 0 Å². The highest BCUT2D eigenvalue weighted by Crippen LogP contribution is 2.31. The fourth-order valence-electron chi connectivity index (χ4n) is 2.15. The van der Waals surface area contributed by atoms with E-state index in [2.05, 4.69) is 10.5 Å². The van der Waals surface area contributed by atoms with E-state index in [0.29, 0.717) is 0 Å². The van der Waals surface area contributed by atoms with Gasteiger partial charge in [0.2, 0.25) is 0 Å². The molecule has 1 aromatic rings. The lowest BCUT2D eigenvalue weighted by atomic mass is 10.2. The maximum Gasteiger partial charge on any atom is 0.0581 e. The Balaban J connectivity index is 1.85. The Morgan fingerprint density at radius 2 is 2.38 bits per heavy atom. The zero-order chi connectivity index (χ0) is 11.4. The van der Waals surface area contributed by atoms with Crippen LogP contribution in [-0.4, -0.2) is 20.8 Å². The molecule has 0 amide bonds. The van der Waals surface area contributed by atoms with E-state index in [1.165, 1.54) is 31.2 Å². The molecule has 1 heterocycles. The zero-order valence-electron chi connectivity index (χ0n) is 9.72. The van der Waals surface area contributed by atoms with E-state index >= 15 is 0 Å². The summed E-state index contributed by atoms with van der Waals surface area (Å²) in [5.74, 6) is 6.63. The Labute approximate surface area is 101 Å². The van der Waals surface area contributed by atoms with E-state index < -0.39 is 0 Å². The average Bonchev–Trinajstić information content (AvgIpc) is 2.91. The van der Waals surface area contributed by atoms with Crippen molar-refractivity contribution in [3.8, 4) is 0 Å². The Morgan fingerprint density at radius 3 is 2.94 bits per heavy atom. The van der Waals surface area contributed by atoms with E-state index in [9.17, 15) is 0 Å². The molecule has 3 N–H and O–H groups in total. The molecule has 1 unspecified atom stereocenters. The molecule has 1 saturated carbocycles. The van der Waals surface area contributed by atoms with Crippen LogP contribution in [0.25, 0.3) is 0 Å². The number of aromatic nitrogens is 2. The molecule has 0 aromatic carbocycles. The standard InChI is InChI=1S/C11H20N4S/c1-15-7-9(6-13-15)11(14-12)8-16-10-4-2-3-5-10/h6-7,10-11,14H,2-5,8,12H2,1H3. The zero-order valence-corrected chi connectivity index (χ0v) is 10.5. The Hall–Kier alpha value is -0.520. The number of hydrazine groups is 1. The number of hydrogen-bond donors (Lipinski definition) is 2. The number of thioether (sulfide) groups is 1. The molecule has 2 rings (SSSR count). The molecule has 5 heteroatoms. The van der Waals surface area contributed by atoms with Crippen molar-refractivity contribution in [1.29, 1.82) is 0 Å². The van der Waals surface area contributed by atoms with Crippen molar-refractivity contribution in [3.05, 3.63) is 18.0 Å². The Kier molecular flexibility index (Phi) is 4.26. The fraction of sp³-hybridized carbons (Fsp3) is 0.727. The third-order valence-corrected chi connectivity index (χ3v) is 4.60. The minimum absolute atomic E-state index is 0.222. The van der Waals surface area contributed by atoms with Gasteiger partial charge < -0.3 is 0 Å². The molecular formula is C11H20N4S. The van der Waals surface area contributed by atoms with Crippen molar-refractivity contribution in [2.24, 2.45) is 12.9 Å². The lowest BCUT2D eigenvalue weighted by Crippen LogP contribution is -2.29. The maximum absolute atomic E-state index is 5.60. The average molecular weight is 240 g/mol. The predicted molar refractivity (Wildman–Crippen MR) is 68.0 cm³/mol. The van der Waals surface area contributed by atoms with Crippen molar-refractivity contribution in [2.45, 2.75) is 37.0 Å². The molecular weight excluding hydrogens is 220 g/mol. The Morgan fingerprint density at radius 1 is 1.62 bits per heavy atom. The van der Waals surface area contributed by atoms with Crippen molar-refractivity contribution < 1.29 is 0 Å². The number of hydrogen-bond acceptors (Lipinski definition) is 4. The molecule has 0 spiro atoms. The van der Waals surface area contributed by atoms with Crippen molar-refractivity contribution >= 4 is 11.8 Å². The van der Waals surface area contributed by atoms with Gasteiger partial charge in [0, 0.05) is 29.8 Å². The van der Waals surface area contributed by atoms with Crippen LogP contribution in [0.2, 0.25) is 0 Å². The van der Waals surface area contributed by atoms with Crippen LogP contribution in [0, 0.1) is 0 Å². The van der Waals surface area contributed by atoms with Crippen LogP contribution < -0.4 is 11.3 Å². The smallest absolute Gasteiger partial charge is 0.0581 e. The second-order valence-corrected chi connectivity index (χ2v) is 5.74. The first-order chi connectivity index (χ1) is 7.79. The summed E-state index contributed by atoms with van der Waals surface area (Å²) in [6.45, 7) is 0. The van der Waals surface area contributed by atoms with E-state index in [-0.39, 0.29) is 6.04 Å². The summed E-state index contributed by atoms with van der Waals surface area (Å²) in [4.78, 5) is 0. The summed E-state index contributed by atoms with van der Waals surface area (Å²) in [5.41, 5.74) is 4.06. The number of nitrogens with one attached hydrogen (secondary N) is 1. The molecule has 0 aliphatic heterocycles. The molecule has 0 radical (unpaired) electrons. The van der Waals surface area contributed by atoms with Gasteiger partial charge in [-0.2, -0.15) is 16.9 Å². The third kappa shape index (κ3) is 2.99. The van der Waals surface area contributed by atoms with Crippen LogP contribution in [0.3, 0.4) is 0 Å². The summed E-state index contributed by atoms with van der Waals surface area (Å²) in [5, 5.41) is 5.02. The quantitative estimate of drug-likeness (QED) is 0.606. The van der Waals surface area contributed by atoms with Crippen molar-refractivity contribution in [1.82, 2.24) is 15.2 Å². The van der Waals surface area contributed by atoms with Gasteiger partial charge in [0.15, 0.2) is 0 Å². The molecule has 1 fully saturated rings. The highest BCUT2D eigenvalue weighted by molar-refractivity contribution is 7.99. The highest BCUT2D eigenvalue weighted by atomic mass is 32.2. The molecule has 4 nitrogen and oxygen atoms in total. The van der Waals surface area contributed by atoms with Gasteiger partial charge >= 0.3 is 0 Å². The molecule has 0 bridgehead atoms. The van der Waals surface area contributed by atoms with E-state index in [0.717, 1.165) is 11.0 Å². The Bertz CT molecular complexity index is 320.